The molecule has 0 fully saturated rings. The van der Waals surface area contributed by atoms with Gasteiger partial charge in [-0.05, 0) is 35.6 Å². The SMILES string of the molecule is [CH]=CCCCc1ccc2ccccc2c1. The minimum atomic E-state index is 0.993. The fraction of sp³-hybridized carbons (Fsp3) is 0.200. The van der Waals surface area contributed by atoms with Gasteiger partial charge in [0.15, 0.2) is 0 Å². The number of hydrogen-bond acceptors (Lipinski definition) is 0. The van der Waals surface area contributed by atoms with Crippen LogP contribution in [0.25, 0.3) is 10.8 Å². The fourth-order valence-corrected chi connectivity index (χ4v) is 1.82. The highest BCUT2D eigenvalue weighted by molar-refractivity contribution is 5.82. The molecule has 15 heavy (non-hydrogen) atoms. The summed E-state index contributed by atoms with van der Waals surface area (Å²) in [6.45, 7) is 5.36. The molecule has 0 nitrogen and oxygen atoms in total. The summed E-state index contributed by atoms with van der Waals surface area (Å²) in [5, 5.41) is 2.64. The molecule has 0 aliphatic rings. The Morgan fingerprint density at radius 1 is 1.00 bits per heavy atom. The van der Waals surface area contributed by atoms with Crippen LogP contribution >= 0.6 is 0 Å². The standard InChI is InChI=1S/C15H15/c1-2-3-4-7-13-10-11-14-8-5-6-9-15(14)12-13/h1-2,5-6,8-12H,3-4,7H2. The lowest BCUT2D eigenvalue weighted by Crippen LogP contribution is -1.84. The Hall–Kier alpha value is -1.56. The Kier molecular flexibility index (Phi) is 3.18. The smallest absolute Gasteiger partial charge is 0.0181 e. The van der Waals surface area contributed by atoms with Crippen LogP contribution in [0.3, 0.4) is 0 Å². The second-order valence-corrected chi connectivity index (χ2v) is 3.81. The molecule has 0 amide bonds. The van der Waals surface area contributed by atoms with Crippen molar-refractivity contribution in [1.29, 1.82) is 0 Å². The Balaban J connectivity index is 2.19. The lowest BCUT2D eigenvalue weighted by molar-refractivity contribution is 0.844. The van der Waals surface area contributed by atoms with E-state index in [2.05, 4.69) is 42.5 Å². The van der Waals surface area contributed by atoms with E-state index in [1.807, 2.05) is 0 Å². The van der Waals surface area contributed by atoms with Crippen molar-refractivity contribution >= 4 is 10.8 Å². The third-order valence-corrected chi connectivity index (χ3v) is 2.65. The third-order valence-electron chi connectivity index (χ3n) is 2.65. The van der Waals surface area contributed by atoms with E-state index in [-0.39, 0.29) is 0 Å². The first-order valence-corrected chi connectivity index (χ1v) is 5.41. The number of benzene rings is 2. The molecule has 0 heteroatoms. The predicted molar refractivity (Wildman–Crippen MR) is 65.8 cm³/mol. The Morgan fingerprint density at radius 2 is 1.80 bits per heavy atom. The first-order chi connectivity index (χ1) is 7.40. The summed E-state index contributed by atoms with van der Waals surface area (Å²) >= 11 is 0. The summed E-state index contributed by atoms with van der Waals surface area (Å²) in [5.74, 6) is 0. The number of hydrogen-bond donors (Lipinski definition) is 0. The molecule has 0 spiro atoms. The second kappa shape index (κ2) is 4.79. The fourth-order valence-electron chi connectivity index (χ4n) is 1.82. The van der Waals surface area contributed by atoms with Gasteiger partial charge < -0.3 is 0 Å². The van der Waals surface area contributed by atoms with Crippen molar-refractivity contribution in [2.24, 2.45) is 0 Å². The summed E-state index contributed by atoms with van der Waals surface area (Å²) in [7, 11) is 0. The van der Waals surface area contributed by atoms with Gasteiger partial charge in [0.05, 0.1) is 0 Å². The normalized spacial score (nSPS) is 10.4. The van der Waals surface area contributed by atoms with Gasteiger partial charge in [0.1, 0.15) is 0 Å². The van der Waals surface area contributed by atoms with Crippen molar-refractivity contribution in [3.8, 4) is 0 Å². The molecule has 0 aliphatic heterocycles. The van der Waals surface area contributed by atoms with Crippen molar-refractivity contribution in [3.05, 3.63) is 60.7 Å². The molecule has 0 heterocycles. The van der Waals surface area contributed by atoms with Crippen molar-refractivity contribution in [3.63, 3.8) is 0 Å². The molecule has 0 bridgehead atoms. The predicted octanol–water partition coefficient (Wildman–Crippen LogP) is 4.15. The van der Waals surface area contributed by atoms with Crippen LogP contribution in [0, 0.1) is 6.58 Å². The molecular weight excluding hydrogens is 180 g/mol. The molecule has 0 atom stereocenters. The number of allylic oxidation sites excluding steroid dienone is 1. The van der Waals surface area contributed by atoms with Crippen LogP contribution in [0.1, 0.15) is 18.4 Å². The van der Waals surface area contributed by atoms with E-state index >= 15 is 0 Å². The number of fused-ring (bicyclic) bond motifs is 1. The van der Waals surface area contributed by atoms with Crippen LogP contribution in [0.15, 0.2) is 48.5 Å². The van der Waals surface area contributed by atoms with Crippen LogP contribution in [-0.2, 0) is 6.42 Å². The van der Waals surface area contributed by atoms with E-state index < -0.39 is 0 Å². The van der Waals surface area contributed by atoms with Gasteiger partial charge in [-0.25, -0.2) is 0 Å². The number of rotatable bonds is 4. The monoisotopic (exact) mass is 195 g/mol. The van der Waals surface area contributed by atoms with Crippen molar-refractivity contribution in [2.75, 3.05) is 0 Å². The van der Waals surface area contributed by atoms with Crippen molar-refractivity contribution < 1.29 is 0 Å². The maximum atomic E-state index is 5.36. The average Bonchev–Trinajstić information content (AvgIpc) is 2.29. The molecule has 2 rings (SSSR count). The van der Waals surface area contributed by atoms with E-state index in [4.69, 9.17) is 6.58 Å². The molecule has 0 unspecified atom stereocenters. The first-order valence-electron chi connectivity index (χ1n) is 5.41. The molecule has 0 N–H and O–H groups in total. The van der Waals surface area contributed by atoms with Gasteiger partial charge in [-0.2, -0.15) is 0 Å². The van der Waals surface area contributed by atoms with E-state index in [0.29, 0.717) is 0 Å². The van der Waals surface area contributed by atoms with Crippen molar-refractivity contribution in [2.45, 2.75) is 19.3 Å². The van der Waals surface area contributed by atoms with Gasteiger partial charge in [0, 0.05) is 0 Å². The van der Waals surface area contributed by atoms with Gasteiger partial charge >= 0.3 is 0 Å². The quantitative estimate of drug-likeness (QED) is 0.643. The van der Waals surface area contributed by atoms with E-state index in [9.17, 15) is 0 Å². The molecule has 75 valence electrons. The topological polar surface area (TPSA) is 0 Å². The molecule has 1 radical (unpaired) electrons. The van der Waals surface area contributed by atoms with Gasteiger partial charge in [0.2, 0.25) is 0 Å². The molecule has 2 aromatic rings. The molecular formula is C15H15. The second-order valence-electron chi connectivity index (χ2n) is 3.81. The first kappa shape index (κ1) is 9.97. The van der Waals surface area contributed by atoms with Crippen LogP contribution in [-0.4, -0.2) is 0 Å². The Morgan fingerprint density at radius 3 is 2.60 bits per heavy atom. The minimum Gasteiger partial charge on any atom is -0.0845 e. The van der Waals surface area contributed by atoms with Crippen molar-refractivity contribution in [1.82, 2.24) is 0 Å². The zero-order chi connectivity index (χ0) is 10.5. The highest BCUT2D eigenvalue weighted by Gasteiger charge is 1.95. The number of unbranched alkanes of at least 4 members (excludes halogenated alkanes) is 1. The molecule has 0 saturated carbocycles. The van der Waals surface area contributed by atoms with Crippen LogP contribution in [0.5, 0.6) is 0 Å². The summed E-state index contributed by atoms with van der Waals surface area (Å²) in [6, 6.07) is 15.1. The average molecular weight is 195 g/mol. The zero-order valence-corrected chi connectivity index (χ0v) is 8.82. The summed E-state index contributed by atoms with van der Waals surface area (Å²) in [6.07, 6.45) is 4.97. The summed E-state index contributed by atoms with van der Waals surface area (Å²) < 4.78 is 0. The highest BCUT2D eigenvalue weighted by atomic mass is 14.0. The minimum absolute atomic E-state index is 0.993. The lowest BCUT2D eigenvalue weighted by atomic mass is 10.0. The maximum absolute atomic E-state index is 5.36. The van der Waals surface area contributed by atoms with E-state index in [0.717, 1.165) is 19.3 Å². The summed E-state index contributed by atoms with van der Waals surface area (Å²) in [5.41, 5.74) is 1.40. The van der Waals surface area contributed by atoms with E-state index in [1.165, 1.54) is 16.3 Å². The van der Waals surface area contributed by atoms with E-state index in [1.54, 1.807) is 6.08 Å². The lowest BCUT2D eigenvalue weighted by Gasteiger charge is -2.02. The van der Waals surface area contributed by atoms with Crippen LogP contribution < -0.4 is 0 Å². The number of aryl methyl sites for hydroxylation is 1. The van der Waals surface area contributed by atoms with Gasteiger partial charge in [0.25, 0.3) is 0 Å². The molecule has 2 aromatic carbocycles. The largest absolute Gasteiger partial charge is 0.0845 e. The Labute approximate surface area is 91.2 Å². The van der Waals surface area contributed by atoms with Crippen LogP contribution in [0.2, 0.25) is 0 Å². The molecule has 0 aliphatic carbocycles. The van der Waals surface area contributed by atoms with Gasteiger partial charge in [-0.15, -0.1) is 0 Å². The molecule has 0 aromatic heterocycles. The molecule has 0 saturated heterocycles. The Bertz CT molecular complexity index is 454. The highest BCUT2D eigenvalue weighted by Crippen LogP contribution is 2.16. The zero-order valence-electron chi connectivity index (χ0n) is 8.82. The summed E-state index contributed by atoms with van der Waals surface area (Å²) in [4.78, 5) is 0. The third kappa shape index (κ3) is 2.47. The van der Waals surface area contributed by atoms with Crippen LogP contribution in [0.4, 0.5) is 0 Å². The van der Waals surface area contributed by atoms with Gasteiger partial charge in [-0.1, -0.05) is 55.1 Å². The van der Waals surface area contributed by atoms with Gasteiger partial charge in [-0.3, -0.25) is 0 Å². The maximum Gasteiger partial charge on any atom is -0.0181 e.